The molecule has 100 valence electrons. The number of pyridine rings is 1. The lowest BCUT2D eigenvalue weighted by Gasteiger charge is -2.07. The van der Waals surface area contributed by atoms with Gasteiger partial charge in [-0.05, 0) is 54.8 Å². The minimum absolute atomic E-state index is 0.530. The van der Waals surface area contributed by atoms with Gasteiger partial charge in [0.2, 0.25) is 0 Å². The van der Waals surface area contributed by atoms with E-state index in [1.165, 1.54) is 17.7 Å². The van der Waals surface area contributed by atoms with E-state index in [4.69, 9.17) is 0 Å². The third kappa shape index (κ3) is 4.10. The van der Waals surface area contributed by atoms with E-state index in [-0.39, 0.29) is 0 Å². The van der Waals surface area contributed by atoms with Gasteiger partial charge in [0.05, 0.1) is 0 Å². The molecule has 19 heavy (non-hydrogen) atoms. The van der Waals surface area contributed by atoms with Crippen LogP contribution in [0.15, 0.2) is 36.7 Å². The first-order valence-electron chi connectivity index (χ1n) is 6.20. The number of aromatic nitrogens is 1. The highest BCUT2D eigenvalue weighted by molar-refractivity contribution is 5.21. The predicted octanol–water partition coefficient (Wildman–Crippen LogP) is 3.00. The lowest BCUT2D eigenvalue weighted by molar-refractivity contribution is 0.577. The third-order valence-corrected chi connectivity index (χ3v) is 2.98. The standard InChI is InChI=1S/C15H16F2N2/c1-11-2-4-18-9-13(11)10-19-5-3-12-6-14(16)8-15(17)7-12/h2,4,6-9,19H,3,5,10H2,1H3. The summed E-state index contributed by atoms with van der Waals surface area (Å²) < 4.78 is 26.0. The average molecular weight is 262 g/mol. The van der Waals surface area contributed by atoms with Crippen molar-refractivity contribution in [2.75, 3.05) is 6.54 Å². The van der Waals surface area contributed by atoms with Crippen molar-refractivity contribution in [3.05, 3.63) is 65.0 Å². The second-order valence-electron chi connectivity index (χ2n) is 4.51. The molecule has 0 aliphatic carbocycles. The Morgan fingerprint density at radius 1 is 1.16 bits per heavy atom. The van der Waals surface area contributed by atoms with Crippen molar-refractivity contribution in [1.82, 2.24) is 10.3 Å². The number of nitrogens with one attached hydrogen (secondary N) is 1. The molecule has 4 heteroatoms. The van der Waals surface area contributed by atoms with Crippen molar-refractivity contribution in [2.45, 2.75) is 19.9 Å². The lowest BCUT2D eigenvalue weighted by atomic mass is 10.1. The summed E-state index contributed by atoms with van der Waals surface area (Å²) in [4.78, 5) is 4.07. The molecule has 2 aromatic rings. The number of nitrogens with zero attached hydrogens (tertiary/aromatic N) is 1. The fourth-order valence-electron chi connectivity index (χ4n) is 1.89. The summed E-state index contributed by atoms with van der Waals surface area (Å²) in [6.45, 7) is 3.40. The van der Waals surface area contributed by atoms with Crippen molar-refractivity contribution in [3.63, 3.8) is 0 Å². The molecule has 0 aliphatic rings. The molecule has 0 radical (unpaired) electrons. The highest BCUT2D eigenvalue weighted by atomic mass is 19.1. The zero-order valence-electron chi connectivity index (χ0n) is 10.8. The summed E-state index contributed by atoms with van der Waals surface area (Å²) in [7, 11) is 0. The molecule has 0 saturated heterocycles. The zero-order valence-corrected chi connectivity index (χ0v) is 10.8. The van der Waals surface area contributed by atoms with Crippen LogP contribution in [0.3, 0.4) is 0 Å². The van der Waals surface area contributed by atoms with Crippen LogP contribution in [0, 0.1) is 18.6 Å². The van der Waals surface area contributed by atoms with Crippen LogP contribution in [0.5, 0.6) is 0 Å². The summed E-state index contributed by atoms with van der Waals surface area (Å²) in [5.41, 5.74) is 2.97. The Bertz CT molecular complexity index is 535. The quantitative estimate of drug-likeness (QED) is 0.838. The van der Waals surface area contributed by atoms with Gasteiger partial charge in [0.25, 0.3) is 0 Å². The van der Waals surface area contributed by atoms with E-state index in [0.717, 1.165) is 11.6 Å². The van der Waals surface area contributed by atoms with Gasteiger partial charge >= 0.3 is 0 Å². The molecule has 0 amide bonds. The first kappa shape index (κ1) is 13.6. The topological polar surface area (TPSA) is 24.9 Å². The van der Waals surface area contributed by atoms with Crippen LogP contribution >= 0.6 is 0 Å². The first-order valence-corrected chi connectivity index (χ1v) is 6.20. The van der Waals surface area contributed by atoms with Crippen LogP contribution in [-0.4, -0.2) is 11.5 Å². The molecule has 0 unspecified atom stereocenters. The van der Waals surface area contributed by atoms with Crippen molar-refractivity contribution in [3.8, 4) is 0 Å². The Hall–Kier alpha value is -1.81. The molecule has 0 aliphatic heterocycles. The van der Waals surface area contributed by atoms with Crippen LogP contribution in [0.4, 0.5) is 8.78 Å². The predicted molar refractivity (Wildman–Crippen MR) is 70.7 cm³/mol. The maximum Gasteiger partial charge on any atom is 0.126 e. The summed E-state index contributed by atoms with van der Waals surface area (Å²) >= 11 is 0. The molecule has 0 saturated carbocycles. The van der Waals surface area contributed by atoms with E-state index in [2.05, 4.69) is 10.3 Å². The van der Waals surface area contributed by atoms with Gasteiger partial charge in [0.1, 0.15) is 11.6 Å². The Balaban J connectivity index is 1.82. The molecular formula is C15H16F2N2. The van der Waals surface area contributed by atoms with E-state index in [1.54, 1.807) is 6.20 Å². The number of rotatable bonds is 5. The largest absolute Gasteiger partial charge is 0.312 e. The molecule has 0 bridgehead atoms. The van der Waals surface area contributed by atoms with Crippen molar-refractivity contribution < 1.29 is 8.78 Å². The van der Waals surface area contributed by atoms with Gasteiger partial charge in [0, 0.05) is 25.0 Å². The summed E-state index contributed by atoms with van der Waals surface area (Å²) in [6, 6.07) is 5.56. The van der Waals surface area contributed by atoms with E-state index in [9.17, 15) is 8.78 Å². The minimum Gasteiger partial charge on any atom is -0.312 e. The van der Waals surface area contributed by atoms with Crippen LogP contribution in [0.25, 0.3) is 0 Å². The molecule has 2 nitrogen and oxygen atoms in total. The van der Waals surface area contributed by atoms with Crippen molar-refractivity contribution in [1.29, 1.82) is 0 Å². The van der Waals surface area contributed by atoms with Crippen LogP contribution < -0.4 is 5.32 Å². The first-order chi connectivity index (χ1) is 9.15. The average Bonchev–Trinajstić information content (AvgIpc) is 2.35. The Labute approximate surface area is 111 Å². The monoisotopic (exact) mass is 262 g/mol. The molecule has 0 fully saturated rings. The molecule has 0 spiro atoms. The number of hydrogen-bond acceptors (Lipinski definition) is 2. The van der Waals surface area contributed by atoms with E-state index >= 15 is 0 Å². The van der Waals surface area contributed by atoms with Gasteiger partial charge < -0.3 is 5.32 Å². The minimum atomic E-state index is -0.530. The maximum absolute atomic E-state index is 13.0. The van der Waals surface area contributed by atoms with Gasteiger partial charge in [-0.1, -0.05) is 0 Å². The van der Waals surface area contributed by atoms with Crippen molar-refractivity contribution >= 4 is 0 Å². The van der Waals surface area contributed by atoms with E-state index in [1.807, 2.05) is 19.2 Å². The van der Waals surface area contributed by atoms with Gasteiger partial charge in [-0.2, -0.15) is 0 Å². The molecule has 1 heterocycles. The molecule has 1 aromatic heterocycles. The zero-order chi connectivity index (χ0) is 13.7. The fourth-order valence-corrected chi connectivity index (χ4v) is 1.89. The molecular weight excluding hydrogens is 246 g/mol. The van der Waals surface area contributed by atoms with Gasteiger partial charge in [-0.3, -0.25) is 4.98 Å². The summed E-state index contributed by atoms with van der Waals surface area (Å²) in [5.74, 6) is -1.06. The Morgan fingerprint density at radius 2 is 1.89 bits per heavy atom. The SMILES string of the molecule is Cc1ccncc1CNCCc1cc(F)cc(F)c1. The normalized spacial score (nSPS) is 10.7. The van der Waals surface area contributed by atoms with Crippen LogP contribution in [-0.2, 0) is 13.0 Å². The van der Waals surface area contributed by atoms with Crippen LogP contribution in [0.1, 0.15) is 16.7 Å². The van der Waals surface area contributed by atoms with Crippen molar-refractivity contribution in [2.24, 2.45) is 0 Å². The summed E-state index contributed by atoms with van der Waals surface area (Å²) in [6.07, 6.45) is 4.17. The van der Waals surface area contributed by atoms with Gasteiger partial charge in [-0.25, -0.2) is 8.78 Å². The Morgan fingerprint density at radius 3 is 2.58 bits per heavy atom. The number of halogens is 2. The third-order valence-electron chi connectivity index (χ3n) is 2.98. The molecule has 1 N–H and O–H groups in total. The Kier molecular flexibility index (Phi) is 4.58. The molecule has 1 aromatic carbocycles. The number of hydrogen-bond donors (Lipinski definition) is 1. The smallest absolute Gasteiger partial charge is 0.126 e. The van der Waals surface area contributed by atoms with E-state index in [0.29, 0.717) is 25.1 Å². The van der Waals surface area contributed by atoms with Gasteiger partial charge in [-0.15, -0.1) is 0 Å². The molecule has 2 rings (SSSR count). The van der Waals surface area contributed by atoms with Crippen LogP contribution in [0.2, 0.25) is 0 Å². The van der Waals surface area contributed by atoms with Gasteiger partial charge in [0.15, 0.2) is 0 Å². The fraction of sp³-hybridized carbons (Fsp3) is 0.267. The lowest BCUT2D eigenvalue weighted by Crippen LogP contribution is -2.17. The second-order valence-corrected chi connectivity index (χ2v) is 4.51. The highest BCUT2D eigenvalue weighted by Gasteiger charge is 2.01. The highest BCUT2D eigenvalue weighted by Crippen LogP contribution is 2.08. The number of aryl methyl sites for hydroxylation is 1. The molecule has 0 atom stereocenters. The maximum atomic E-state index is 13.0. The second kappa shape index (κ2) is 6.38. The van der Waals surface area contributed by atoms with E-state index < -0.39 is 11.6 Å². The number of benzene rings is 1. The summed E-state index contributed by atoms with van der Waals surface area (Å²) in [5, 5.41) is 3.25.